The molecule has 0 rings (SSSR count). The third kappa shape index (κ3) is 17.6. The van der Waals surface area contributed by atoms with E-state index >= 15 is 0 Å². The van der Waals surface area contributed by atoms with Gasteiger partial charge >= 0.3 is 63.4 Å². The fraction of sp³-hybridized carbons (Fsp3) is 0. The van der Waals surface area contributed by atoms with E-state index in [1.54, 1.807) is 5.32 Å². The van der Waals surface area contributed by atoms with Gasteiger partial charge in [0.2, 0.25) is 0 Å². The molecule has 5 nitrogen and oxygen atoms in total. The van der Waals surface area contributed by atoms with Crippen LogP contribution in [-0.4, -0.2) is 12.1 Å². The van der Waals surface area contributed by atoms with Crippen molar-refractivity contribution in [3.63, 3.8) is 0 Å². The molecule has 0 aromatic heterocycles. The SMILES string of the molecule is NC(=O)NC(N)=O.[Cu].[H-].[K+]. The normalized spacial score (nSPS) is 5.78. The minimum Gasteiger partial charge on any atom is -1.00 e. The van der Waals surface area contributed by atoms with Gasteiger partial charge in [-0.25, -0.2) is 9.59 Å². The summed E-state index contributed by atoms with van der Waals surface area (Å²) >= 11 is 0. The van der Waals surface area contributed by atoms with Crippen LogP contribution < -0.4 is 68.2 Å². The number of hydrogen-bond acceptors (Lipinski definition) is 2. The van der Waals surface area contributed by atoms with E-state index in [1.807, 2.05) is 0 Å². The van der Waals surface area contributed by atoms with Crippen molar-refractivity contribution in [3.8, 4) is 0 Å². The zero-order valence-corrected chi connectivity index (χ0v) is 8.84. The van der Waals surface area contributed by atoms with Crippen LogP contribution in [0.1, 0.15) is 1.43 Å². The minimum atomic E-state index is -0.938. The Balaban J connectivity index is -0.0000000600. The van der Waals surface area contributed by atoms with Crippen LogP contribution in [0.25, 0.3) is 0 Å². The Bertz CT molecular complexity index is 101. The summed E-state index contributed by atoms with van der Waals surface area (Å²) < 4.78 is 0. The van der Waals surface area contributed by atoms with E-state index in [1.165, 1.54) is 0 Å². The van der Waals surface area contributed by atoms with Crippen molar-refractivity contribution in [1.82, 2.24) is 5.32 Å². The van der Waals surface area contributed by atoms with Gasteiger partial charge in [0, 0.05) is 17.1 Å². The first-order valence-corrected chi connectivity index (χ1v) is 1.49. The predicted molar refractivity (Wildman–Crippen MR) is 23.4 cm³/mol. The molecule has 0 atom stereocenters. The number of nitrogens with two attached hydrogens (primary N) is 2. The molecule has 0 fully saturated rings. The fourth-order valence-corrected chi connectivity index (χ4v) is 0.121. The fourth-order valence-electron chi connectivity index (χ4n) is 0.121. The van der Waals surface area contributed by atoms with Crippen molar-refractivity contribution in [3.05, 3.63) is 0 Å². The van der Waals surface area contributed by atoms with Gasteiger partial charge in [-0.05, 0) is 0 Å². The zero-order chi connectivity index (χ0) is 5.86. The number of hydrogen-bond donors (Lipinski definition) is 3. The summed E-state index contributed by atoms with van der Waals surface area (Å²) in [6.45, 7) is 0. The van der Waals surface area contributed by atoms with Gasteiger partial charge in [0.05, 0.1) is 0 Å². The molecule has 0 unspecified atom stereocenters. The predicted octanol–water partition coefficient (Wildman–Crippen LogP) is -4.15. The quantitative estimate of drug-likeness (QED) is 0.351. The monoisotopic (exact) mass is 206 g/mol. The van der Waals surface area contributed by atoms with E-state index in [4.69, 9.17) is 0 Å². The summed E-state index contributed by atoms with van der Waals surface area (Å²) in [5, 5.41) is 1.58. The maximum atomic E-state index is 9.62. The molecule has 0 aliphatic heterocycles. The smallest absolute Gasteiger partial charge is 1.00 e. The van der Waals surface area contributed by atoms with Crippen LogP contribution in [0.2, 0.25) is 0 Å². The number of amides is 4. The Morgan fingerprint density at radius 3 is 1.44 bits per heavy atom. The average Bonchev–Trinajstić information content (AvgIpc) is 1.27. The molecule has 9 heavy (non-hydrogen) atoms. The second kappa shape index (κ2) is 8.90. The van der Waals surface area contributed by atoms with Crippen molar-refractivity contribution in [1.29, 1.82) is 0 Å². The van der Waals surface area contributed by atoms with Crippen molar-refractivity contribution < 1.29 is 79.5 Å². The summed E-state index contributed by atoms with van der Waals surface area (Å²) in [6.07, 6.45) is 0. The molecule has 0 spiro atoms. The first-order chi connectivity index (χ1) is 3.13. The minimum absolute atomic E-state index is 0. The van der Waals surface area contributed by atoms with Gasteiger partial charge in [-0.15, -0.1) is 0 Å². The molecule has 53 valence electrons. The first-order valence-electron chi connectivity index (χ1n) is 1.49. The second-order valence-corrected chi connectivity index (χ2v) is 0.854. The molecule has 0 saturated carbocycles. The maximum absolute atomic E-state index is 9.62. The Labute approximate surface area is 107 Å². The van der Waals surface area contributed by atoms with Crippen LogP contribution >= 0.6 is 0 Å². The van der Waals surface area contributed by atoms with Gasteiger partial charge in [0.15, 0.2) is 0 Å². The summed E-state index contributed by atoms with van der Waals surface area (Å²) in [5.41, 5.74) is 8.88. The molecule has 0 aliphatic carbocycles. The van der Waals surface area contributed by atoms with Crippen molar-refractivity contribution in [2.75, 3.05) is 0 Å². The molecule has 0 heterocycles. The Morgan fingerprint density at radius 2 is 1.44 bits per heavy atom. The number of primary amides is 2. The Kier molecular flexibility index (Phi) is 16.3. The van der Waals surface area contributed by atoms with E-state index in [-0.39, 0.29) is 69.9 Å². The van der Waals surface area contributed by atoms with Crippen LogP contribution in [0.3, 0.4) is 0 Å². The molecule has 4 amide bonds. The third-order valence-corrected chi connectivity index (χ3v) is 0.246. The molecule has 0 saturated heterocycles. The van der Waals surface area contributed by atoms with Gasteiger partial charge in [-0.2, -0.15) is 0 Å². The van der Waals surface area contributed by atoms with Gasteiger partial charge < -0.3 is 12.9 Å². The molecular weight excluding hydrogens is 201 g/mol. The van der Waals surface area contributed by atoms with E-state index in [0.29, 0.717) is 0 Å². The van der Waals surface area contributed by atoms with Crippen LogP contribution in [0.5, 0.6) is 0 Å². The van der Waals surface area contributed by atoms with Gasteiger partial charge in [-0.1, -0.05) is 0 Å². The van der Waals surface area contributed by atoms with Crippen LogP contribution in [-0.2, 0) is 17.1 Å². The molecule has 0 aromatic carbocycles. The molecule has 1 radical (unpaired) electrons. The molecule has 0 bridgehead atoms. The number of imide groups is 1. The second-order valence-electron chi connectivity index (χ2n) is 0.854. The summed E-state index contributed by atoms with van der Waals surface area (Å²) in [5.74, 6) is 0. The molecular formula is C2H6CuKN3O2. The van der Waals surface area contributed by atoms with E-state index in [2.05, 4.69) is 11.5 Å². The molecule has 7 heteroatoms. The largest absolute Gasteiger partial charge is 1.00 e. The van der Waals surface area contributed by atoms with E-state index < -0.39 is 12.1 Å². The Hall–Kier alpha value is 0.896. The average molecular weight is 207 g/mol. The van der Waals surface area contributed by atoms with Gasteiger partial charge in [0.1, 0.15) is 0 Å². The maximum Gasteiger partial charge on any atom is 1.00 e. The van der Waals surface area contributed by atoms with Gasteiger partial charge in [-0.3, -0.25) is 5.32 Å². The zero-order valence-electron chi connectivity index (χ0n) is 5.77. The number of carbonyl (C=O) groups is 2. The topological polar surface area (TPSA) is 98.2 Å². The first kappa shape index (κ1) is 16.5. The summed E-state index contributed by atoms with van der Waals surface area (Å²) in [6, 6.07) is -1.88. The molecule has 0 aromatic rings. The summed E-state index contributed by atoms with van der Waals surface area (Å²) in [4.78, 5) is 19.2. The van der Waals surface area contributed by atoms with Crippen LogP contribution in [0.15, 0.2) is 0 Å². The van der Waals surface area contributed by atoms with E-state index in [9.17, 15) is 9.59 Å². The standard InChI is InChI=1S/C2H5N3O2.Cu.K.H/c3-1(6)5-2(4)7;;;/h(H5,3,4,5,6,7);;;/q;;+1;-1. The number of nitrogens with one attached hydrogen (secondary N) is 1. The van der Waals surface area contributed by atoms with Crippen molar-refractivity contribution >= 4 is 12.1 Å². The van der Waals surface area contributed by atoms with Crippen LogP contribution in [0, 0.1) is 0 Å². The van der Waals surface area contributed by atoms with Crippen molar-refractivity contribution in [2.45, 2.75) is 0 Å². The van der Waals surface area contributed by atoms with Gasteiger partial charge in [0.25, 0.3) is 0 Å². The van der Waals surface area contributed by atoms with Crippen molar-refractivity contribution in [2.24, 2.45) is 11.5 Å². The number of carbonyl (C=O) groups excluding carboxylic acids is 2. The molecule has 5 N–H and O–H groups in total. The summed E-state index contributed by atoms with van der Waals surface area (Å²) in [7, 11) is 0. The van der Waals surface area contributed by atoms with Crippen LogP contribution in [0.4, 0.5) is 9.59 Å². The molecule has 0 aliphatic rings. The number of rotatable bonds is 0. The Morgan fingerprint density at radius 1 is 1.22 bits per heavy atom. The van der Waals surface area contributed by atoms with E-state index in [0.717, 1.165) is 0 Å². The third-order valence-electron chi connectivity index (χ3n) is 0.246. The number of urea groups is 2.